The van der Waals surface area contributed by atoms with E-state index in [0.29, 0.717) is 12.3 Å². The summed E-state index contributed by atoms with van der Waals surface area (Å²) in [7, 11) is 4.13. The van der Waals surface area contributed by atoms with Crippen LogP contribution in [0.5, 0.6) is 5.75 Å². The minimum atomic E-state index is -0.500. The number of ether oxygens (including phenoxy) is 2. The van der Waals surface area contributed by atoms with E-state index in [1.165, 1.54) is 0 Å². The van der Waals surface area contributed by atoms with Crippen molar-refractivity contribution in [2.24, 2.45) is 0 Å². The van der Waals surface area contributed by atoms with E-state index in [9.17, 15) is 4.79 Å². The highest BCUT2D eigenvalue weighted by Gasteiger charge is 2.16. The van der Waals surface area contributed by atoms with Gasteiger partial charge in [0.15, 0.2) is 0 Å². The van der Waals surface area contributed by atoms with Crippen molar-refractivity contribution < 1.29 is 14.3 Å². The average Bonchev–Trinajstić information content (AvgIpc) is 2.37. The number of benzene rings is 1. The van der Waals surface area contributed by atoms with Crippen LogP contribution in [0.4, 0.5) is 10.5 Å². The van der Waals surface area contributed by atoms with Crippen LogP contribution in [0.15, 0.2) is 24.3 Å². The molecule has 0 radical (unpaired) electrons. The number of hydrogen-bond acceptors (Lipinski definition) is 4. The molecule has 0 aliphatic rings. The molecule has 1 rings (SSSR count). The summed E-state index contributed by atoms with van der Waals surface area (Å²) in [5.74, 6) is 0.805. The van der Waals surface area contributed by atoms with Gasteiger partial charge < -0.3 is 14.4 Å². The van der Waals surface area contributed by atoms with E-state index in [2.05, 4.69) is 24.3 Å². The van der Waals surface area contributed by atoms with Gasteiger partial charge in [-0.15, -0.1) is 0 Å². The van der Waals surface area contributed by atoms with Crippen LogP contribution in [0.1, 0.15) is 33.6 Å². The summed E-state index contributed by atoms with van der Waals surface area (Å²) in [6.07, 6.45) is 1.69. The second-order valence-corrected chi connectivity index (χ2v) is 6.51. The lowest BCUT2D eigenvalue weighted by atomic mass is 10.2. The summed E-state index contributed by atoms with van der Waals surface area (Å²) < 4.78 is 10.9. The van der Waals surface area contributed by atoms with Crippen molar-refractivity contribution in [2.45, 2.75) is 39.2 Å². The van der Waals surface area contributed by atoms with Crippen molar-refractivity contribution in [3.05, 3.63) is 24.3 Å². The fraction of sp³-hybridized carbons (Fsp3) is 0.588. The first-order valence-corrected chi connectivity index (χ1v) is 7.64. The maximum atomic E-state index is 11.6. The van der Waals surface area contributed by atoms with Crippen molar-refractivity contribution in [3.8, 4) is 5.75 Å². The normalized spacial score (nSPS) is 11.4. The molecule has 1 aromatic carbocycles. The molecule has 5 nitrogen and oxygen atoms in total. The number of amides is 1. The zero-order valence-corrected chi connectivity index (χ0v) is 14.3. The zero-order valence-electron chi connectivity index (χ0n) is 14.3. The zero-order chi connectivity index (χ0) is 16.6. The number of hydrogen-bond donors (Lipinski definition) is 1. The molecular formula is C17H28N2O3. The Morgan fingerprint density at radius 2 is 1.77 bits per heavy atom. The molecular weight excluding hydrogens is 280 g/mol. The van der Waals surface area contributed by atoms with E-state index >= 15 is 0 Å². The smallest absolute Gasteiger partial charge is 0.412 e. The molecule has 0 bridgehead atoms. The molecule has 0 aliphatic carbocycles. The molecule has 1 N–H and O–H groups in total. The number of nitrogens with zero attached hydrogens (tertiary/aromatic N) is 1. The molecule has 0 heterocycles. The van der Waals surface area contributed by atoms with Crippen LogP contribution in [0, 0.1) is 0 Å². The van der Waals surface area contributed by atoms with E-state index in [0.717, 1.165) is 25.1 Å². The van der Waals surface area contributed by atoms with E-state index in [-0.39, 0.29) is 0 Å². The Labute approximate surface area is 133 Å². The summed E-state index contributed by atoms with van der Waals surface area (Å²) in [5.41, 5.74) is 0.189. The van der Waals surface area contributed by atoms with E-state index in [1.807, 2.05) is 32.9 Å². The second-order valence-electron chi connectivity index (χ2n) is 6.51. The third kappa shape index (κ3) is 8.52. The van der Waals surface area contributed by atoms with Gasteiger partial charge in [-0.3, -0.25) is 5.32 Å². The molecule has 0 saturated carbocycles. The lowest BCUT2D eigenvalue weighted by Gasteiger charge is -2.19. The van der Waals surface area contributed by atoms with Gasteiger partial charge in [0.1, 0.15) is 11.4 Å². The molecule has 5 heteroatoms. The second kappa shape index (κ2) is 8.63. The van der Waals surface area contributed by atoms with Gasteiger partial charge in [0.05, 0.1) is 6.61 Å². The minimum absolute atomic E-state index is 0.454. The van der Waals surface area contributed by atoms with Crippen LogP contribution in [0.3, 0.4) is 0 Å². The van der Waals surface area contributed by atoms with Gasteiger partial charge in [-0.05, 0) is 78.5 Å². The highest BCUT2D eigenvalue weighted by Crippen LogP contribution is 2.17. The summed E-state index contributed by atoms with van der Waals surface area (Å²) in [4.78, 5) is 13.8. The summed E-state index contributed by atoms with van der Waals surface area (Å²) in [5, 5.41) is 2.69. The van der Waals surface area contributed by atoms with Gasteiger partial charge in [0, 0.05) is 5.69 Å². The third-order valence-corrected chi connectivity index (χ3v) is 2.77. The van der Waals surface area contributed by atoms with Crippen LogP contribution in [0.2, 0.25) is 0 Å². The summed E-state index contributed by atoms with van der Waals surface area (Å²) in [6.45, 7) is 7.27. The quantitative estimate of drug-likeness (QED) is 0.779. The molecule has 0 aliphatic heterocycles. The number of carbonyl (C=O) groups excluding carboxylic acids is 1. The Morgan fingerprint density at radius 1 is 1.14 bits per heavy atom. The number of nitrogens with one attached hydrogen (secondary N) is 1. The predicted octanol–water partition coefficient (Wildman–Crippen LogP) is 3.75. The van der Waals surface area contributed by atoms with Crippen LogP contribution in [-0.4, -0.2) is 43.8 Å². The SMILES string of the molecule is CN(C)CCCCOc1ccc(NC(=O)OC(C)(C)C)cc1. The fourth-order valence-electron chi connectivity index (χ4n) is 1.78. The minimum Gasteiger partial charge on any atom is -0.494 e. The maximum Gasteiger partial charge on any atom is 0.412 e. The Balaban J connectivity index is 2.32. The van der Waals surface area contributed by atoms with Gasteiger partial charge in [0.2, 0.25) is 0 Å². The van der Waals surface area contributed by atoms with Gasteiger partial charge in [0.25, 0.3) is 0 Å². The maximum absolute atomic E-state index is 11.6. The summed E-state index contributed by atoms with van der Waals surface area (Å²) >= 11 is 0. The summed E-state index contributed by atoms with van der Waals surface area (Å²) in [6, 6.07) is 7.30. The molecule has 0 atom stereocenters. The monoisotopic (exact) mass is 308 g/mol. The first-order valence-electron chi connectivity index (χ1n) is 7.64. The Hall–Kier alpha value is -1.75. The van der Waals surface area contributed by atoms with Crippen LogP contribution in [-0.2, 0) is 4.74 Å². The molecule has 1 amide bonds. The lowest BCUT2D eigenvalue weighted by molar-refractivity contribution is 0.0636. The molecule has 0 spiro atoms. The van der Waals surface area contributed by atoms with Gasteiger partial charge in [-0.1, -0.05) is 0 Å². The van der Waals surface area contributed by atoms with Gasteiger partial charge in [-0.2, -0.15) is 0 Å². The third-order valence-electron chi connectivity index (χ3n) is 2.77. The molecule has 1 aromatic rings. The number of rotatable bonds is 7. The molecule has 0 unspecified atom stereocenters. The molecule has 0 aromatic heterocycles. The molecule has 0 fully saturated rings. The fourth-order valence-corrected chi connectivity index (χ4v) is 1.78. The Bertz CT molecular complexity index is 450. The first-order chi connectivity index (χ1) is 10.3. The number of unbranched alkanes of at least 4 members (excludes halogenated alkanes) is 1. The van der Waals surface area contributed by atoms with Crippen molar-refractivity contribution in [1.82, 2.24) is 4.90 Å². The Morgan fingerprint density at radius 3 is 2.32 bits per heavy atom. The first kappa shape index (κ1) is 18.3. The van der Waals surface area contributed by atoms with Crippen molar-refractivity contribution in [2.75, 3.05) is 32.6 Å². The lowest BCUT2D eigenvalue weighted by Crippen LogP contribution is -2.27. The van der Waals surface area contributed by atoms with Crippen molar-refractivity contribution in [1.29, 1.82) is 0 Å². The van der Waals surface area contributed by atoms with Crippen LogP contribution in [0.25, 0.3) is 0 Å². The van der Waals surface area contributed by atoms with Gasteiger partial charge in [-0.25, -0.2) is 4.79 Å². The average molecular weight is 308 g/mol. The van der Waals surface area contributed by atoms with Crippen LogP contribution < -0.4 is 10.1 Å². The van der Waals surface area contributed by atoms with Gasteiger partial charge >= 0.3 is 6.09 Å². The highest BCUT2D eigenvalue weighted by molar-refractivity contribution is 5.84. The number of carbonyl (C=O) groups is 1. The molecule has 22 heavy (non-hydrogen) atoms. The topological polar surface area (TPSA) is 50.8 Å². The van der Waals surface area contributed by atoms with E-state index < -0.39 is 11.7 Å². The molecule has 0 saturated heterocycles. The number of anilines is 1. The Kier molecular flexibility index (Phi) is 7.18. The standard InChI is InChI=1S/C17H28N2O3/c1-17(2,3)22-16(20)18-14-8-10-15(11-9-14)21-13-7-6-12-19(4)5/h8-11H,6-7,12-13H2,1-5H3,(H,18,20). The van der Waals surface area contributed by atoms with Crippen molar-refractivity contribution >= 4 is 11.8 Å². The highest BCUT2D eigenvalue weighted by atomic mass is 16.6. The molecule has 124 valence electrons. The van der Waals surface area contributed by atoms with Crippen molar-refractivity contribution in [3.63, 3.8) is 0 Å². The van der Waals surface area contributed by atoms with E-state index in [4.69, 9.17) is 9.47 Å². The largest absolute Gasteiger partial charge is 0.494 e. The van der Waals surface area contributed by atoms with E-state index in [1.54, 1.807) is 12.1 Å². The van der Waals surface area contributed by atoms with Crippen LogP contribution >= 0.6 is 0 Å². The predicted molar refractivity (Wildman–Crippen MR) is 89.6 cm³/mol.